The first-order valence-corrected chi connectivity index (χ1v) is 11.1. The van der Waals surface area contributed by atoms with Crippen LogP contribution in [0.3, 0.4) is 0 Å². The van der Waals surface area contributed by atoms with Gasteiger partial charge in [-0.1, -0.05) is 55.0 Å². The second kappa shape index (κ2) is 8.16. The molecule has 3 aromatic rings. The first-order chi connectivity index (χ1) is 14.1. The molecule has 0 spiro atoms. The molecule has 4 rings (SSSR count). The van der Waals surface area contributed by atoms with Gasteiger partial charge in [-0.05, 0) is 42.7 Å². The van der Waals surface area contributed by atoms with Gasteiger partial charge in [0.2, 0.25) is 0 Å². The fourth-order valence-corrected chi connectivity index (χ4v) is 5.39. The summed E-state index contributed by atoms with van der Waals surface area (Å²) in [4.78, 5) is 4.46. The van der Waals surface area contributed by atoms with Crippen molar-refractivity contribution < 1.29 is 8.42 Å². The van der Waals surface area contributed by atoms with E-state index in [9.17, 15) is 8.42 Å². The molecule has 5 nitrogen and oxygen atoms in total. The van der Waals surface area contributed by atoms with E-state index < -0.39 is 10.0 Å². The highest BCUT2D eigenvalue weighted by Gasteiger charge is 2.35. The van der Waals surface area contributed by atoms with Gasteiger partial charge in [0.05, 0.1) is 23.4 Å². The van der Waals surface area contributed by atoms with E-state index in [-0.39, 0.29) is 11.1 Å². The van der Waals surface area contributed by atoms with Crippen molar-refractivity contribution in [2.24, 2.45) is 0 Å². The quantitative estimate of drug-likeness (QED) is 0.641. The van der Waals surface area contributed by atoms with E-state index >= 15 is 0 Å². The third kappa shape index (κ3) is 3.93. The summed E-state index contributed by atoms with van der Waals surface area (Å²) in [6, 6.07) is 23.7. The summed E-state index contributed by atoms with van der Waals surface area (Å²) in [5.41, 5.74) is 2.92. The fourth-order valence-electron chi connectivity index (χ4n) is 3.76. The number of rotatable bonds is 4. The third-order valence-corrected chi connectivity index (χ3v) is 7.05. The van der Waals surface area contributed by atoms with Crippen LogP contribution in [-0.4, -0.2) is 24.3 Å². The molecule has 1 aliphatic heterocycles. The van der Waals surface area contributed by atoms with E-state index in [1.807, 2.05) is 30.3 Å². The predicted octanol–water partition coefficient (Wildman–Crippen LogP) is 4.54. The average molecular weight is 404 g/mol. The summed E-state index contributed by atoms with van der Waals surface area (Å²) in [6.45, 7) is 0.491. The van der Waals surface area contributed by atoms with Crippen molar-refractivity contribution in [3.63, 3.8) is 0 Å². The predicted molar refractivity (Wildman–Crippen MR) is 111 cm³/mol. The molecule has 0 radical (unpaired) electrons. The lowest BCUT2D eigenvalue weighted by Crippen LogP contribution is -2.38. The molecule has 1 aliphatic rings. The average Bonchev–Trinajstić information content (AvgIpc) is 2.80. The van der Waals surface area contributed by atoms with Crippen LogP contribution in [0.4, 0.5) is 0 Å². The first-order valence-electron chi connectivity index (χ1n) is 9.64. The molecule has 0 saturated carbocycles. The lowest BCUT2D eigenvalue weighted by molar-refractivity contribution is 0.255. The van der Waals surface area contributed by atoms with Gasteiger partial charge in [0, 0.05) is 12.1 Å². The third-order valence-electron chi connectivity index (χ3n) is 5.24. The molecular formula is C23H21N3O2S. The van der Waals surface area contributed by atoms with Gasteiger partial charge in [-0.3, -0.25) is 0 Å². The second-order valence-electron chi connectivity index (χ2n) is 7.09. The van der Waals surface area contributed by atoms with Crippen molar-refractivity contribution in [3.8, 4) is 17.3 Å². The first kappa shape index (κ1) is 19.3. The highest BCUT2D eigenvalue weighted by atomic mass is 32.2. The van der Waals surface area contributed by atoms with Crippen molar-refractivity contribution in [2.75, 3.05) is 6.54 Å². The number of nitriles is 1. The summed E-state index contributed by atoms with van der Waals surface area (Å²) in [5, 5.41) is 9.02. The van der Waals surface area contributed by atoms with E-state index in [1.54, 1.807) is 46.8 Å². The molecule has 0 N–H and O–H groups in total. The summed E-state index contributed by atoms with van der Waals surface area (Å²) < 4.78 is 28.5. The van der Waals surface area contributed by atoms with Crippen molar-refractivity contribution in [1.29, 1.82) is 5.26 Å². The molecule has 1 fully saturated rings. The van der Waals surface area contributed by atoms with Crippen LogP contribution < -0.4 is 0 Å². The van der Waals surface area contributed by atoms with Gasteiger partial charge in [-0.15, -0.1) is 0 Å². The summed E-state index contributed by atoms with van der Waals surface area (Å²) in [5.74, 6) is 0. The molecular weight excluding hydrogens is 382 g/mol. The Morgan fingerprint density at radius 2 is 1.69 bits per heavy atom. The Morgan fingerprint density at radius 3 is 2.41 bits per heavy atom. The number of hydrogen-bond acceptors (Lipinski definition) is 4. The molecule has 0 bridgehead atoms. The normalized spacial score (nSPS) is 17.6. The van der Waals surface area contributed by atoms with Gasteiger partial charge in [0.15, 0.2) is 5.03 Å². The van der Waals surface area contributed by atoms with Crippen LogP contribution in [0.1, 0.15) is 36.4 Å². The Kier molecular flexibility index (Phi) is 5.43. The number of hydrogen-bond donors (Lipinski definition) is 0. The Hall–Kier alpha value is -3.01. The lowest BCUT2D eigenvalue weighted by Gasteiger charge is -2.34. The maximum absolute atomic E-state index is 13.5. The van der Waals surface area contributed by atoms with E-state index in [0.717, 1.165) is 30.4 Å². The van der Waals surface area contributed by atoms with E-state index in [0.29, 0.717) is 17.8 Å². The molecule has 2 aromatic carbocycles. The van der Waals surface area contributed by atoms with Crippen LogP contribution in [0, 0.1) is 11.3 Å². The summed E-state index contributed by atoms with van der Waals surface area (Å²) in [7, 11) is -3.73. The monoisotopic (exact) mass is 403 g/mol. The maximum atomic E-state index is 13.5. The smallest absolute Gasteiger partial charge is 0.235 e. The highest BCUT2D eigenvalue weighted by molar-refractivity contribution is 7.89. The van der Waals surface area contributed by atoms with Gasteiger partial charge >= 0.3 is 0 Å². The Balaban J connectivity index is 1.70. The zero-order valence-electron chi connectivity index (χ0n) is 15.9. The zero-order chi connectivity index (χ0) is 20.3. The molecule has 1 unspecified atom stereocenters. The van der Waals surface area contributed by atoms with Crippen LogP contribution in [0.25, 0.3) is 11.3 Å². The van der Waals surface area contributed by atoms with Gasteiger partial charge in [0.25, 0.3) is 10.0 Å². The maximum Gasteiger partial charge on any atom is 0.261 e. The van der Waals surface area contributed by atoms with Crippen molar-refractivity contribution in [2.45, 2.75) is 30.3 Å². The second-order valence-corrected chi connectivity index (χ2v) is 8.93. The Bertz CT molecular complexity index is 1140. The fraction of sp³-hybridized carbons (Fsp3) is 0.217. The van der Waals surface area contributed by atoms with Gasteiger partial charge in [0.1, 0.15) is 0 Å². The van der Waals surface area contributed by atoms with E-state index in [1.165, 1.54) is 0 Å². The van der Waals surface area contributed by atoms with Crippen LogP contribution in [0.5, 0.6) is 0 Å². The topological polar surface area (TPSA) is 74.1 Å². The van der Waals surface area contributed by atoms with Crippen molar-refractivity contribution >= 4 is 10.0 Å². The molecule has 1 saturated heterocycles. The van der Waals surface area contributed by atoms with Gasteiger partial charge in [-0.25, -0.2) is 13.4 Å². The largest absolute Gasteiger partial charge is 0.261 e. The van der Waals surface area contributed by atoms with Gasteiger partial charge in [-0.2, -0.15) is 9.57 Å². The Morgan fingerprint density at radius 1 is 0.931 bits per heavy atom. The van der Waals surface area contributed by atoms with Crippen molar-refractivity contribution in [3.05, 3.63) is 83.9 Å². The number of piperidine rings is 1. The molecule has 146 valence electrons. The minimum absolute atomic E-state index is 0.0576. The Labute approximate surface area is 171 Å². The molecule has 1 aromatic heterocycles. The summed E-state index contributed by atoms with van der Waals surface area (Å²) in [6.07, 6.45) is 2.65. The molecule has 1 atom stereocenters. The highest BCUT2D eigenvalue weighted by Crippen LogP contribution is 2.35. The van der Waals surface area contributed by atoms with E-state index in [4.69, 9.17) is 5.26 Å². The van der Waals surface area contributed by atoms with E-state index in [2.05, 4.69) is 11.1 Å². The minimum atomic E-state index is -3.73. The van der Waals surface area contributed by atoms with Crippen LogP contribution in [-0.2, 0) is 10.0 Å². The number of aromatic nitrogens is 1. The molecule has 0 aliphatic carbocycles. The summed E-state index contributed by atoms with van der Waals surface area (Å²) >= 11 is 0. The molecule has 29 heavy (non-hydrogen) atoms. The van der Waals surface area contributed by atoms with Crippen LogP contribution in [0.15, 0.2) is 77.8 Å². The SMILES string of the molecule is N#Cc1ccc(-c2cccc(S(=O)(=O)N3CCCCC3c3ccccc3)n2)cc1. The molecule has 0 amide bonds. The zero-order valence-corrected chi connectivity index (χ0v) is 16.7. The van der Waals surface area contributed by atoms with Gasteiger partial charge < -0.3 is 0 Å². The number of sulfonamides is 1. The van der Waals surface area contributed by atoms with Crippen LogP contribution >= 0.6 is 0 Å². The number of benzene rings is 2. The van der Waals surface area contributed by atoms with Crippen LogP contribution in [0.2, 0.25) is 0 Å². The lowest BCUT2D eigenvalue weighted by atomic mass is 9.98. The number of pyridine rings is 1. The standard InChI is InChI=1S/C23H21N3O2S/c24-17-18-12-14-19(15-13-18)21-9-6-11-23(25-21)29(27,28)26-16-5-4-10-22(26)20-7-2-1-3-8-20/h1-3,6-9,11-15,22H,4-5,10,16H2. The number of nitrogens with zero attached hydrogens (tertiary/aromatic N) is 3. The molecule has 6 heteroatoms. The molecule has 2 heterocycles. The minimum Gasteiger partial charge on any atom is -0.235 e. The van der Waals surface area contributed by atoms with Crippen molar-refractivity contribution in [1.82, 2.24) is 9.29 Å².